The van der Waals surface area contributed by atoms with E-state index in [-0.39, 0.29) is 5.75 Å². The van der Waals surface area contributed by atoms with Gasteiger partial charge in [-0.15, -0.1) is 0 Å². The van der Waals surface area contributed by atoms with Gasteiger partial charge in [-0.3, -0.25) is 0 Å². The maximum Gasteiger partial charge on any atom is 0.198 e. The quantitative estimate of drug-likeness (QED) is 0.570. The molecule has 104 valence electrons. The summed E-state index contributed by atoms with van der Waals surface area (Å²) in [6, 6.07) is 16.7. The first-order valence-electron chi connectivity index (χ1n) is 6.43. The molecule has 0 atom stereocenters. The van der Waals surface area contributed by atoms with Crippen LogP contribution in [0.3, 0.4) is 0 Å². The molecule has 0 aliphatic rings. The molecule has 21 heavy (non-hydrogen) atoms. The minimum absolute atomic E-state index is 0.233. The first-order valence-corrected chi connectivity index (χ1v) is 6.84. The van der Waals surface area contributed by atoms with Crippen LogP contribution in [0.5, 0.6) is 5.75 Å². The standard InChI is InChI=1S/C16H13N3OS/c20-14-8-6-12(7-9-14)10-17-19-11-15(18-16(19)21)13-4-2-1-3-5-13/h1-11,20H,(H,18,21)/b17-10+. The topological polar surface area (TPSA) is 53.3 Å². The number of hydrogen-bond acceptors (Lipinski definition) is 3. The number of aromatic hydroxyl groups is 1. The Morgan fingerprint density at radius 1 is 1.05 bits per heavy atom. The minimum atomic E-state index is 0.233. The Balaban J connectivity index is 1.88. The Labute approximate surface area is 127 Å². The van der Waals surface area contributed by atoms with Gasteiger partial charge in [0, 0.05) is 0 Å². The van der Waals surface area contributed by atoms with Gasteiger partial charge in [0.1, 0.15) is 5.75 Å². The highest BCUT2D eigenvalue weighted by molar-refractivity contribution is 7.71. The number of nitrogens with zero attached hydrogens (tertiary/aromatic N) is 2. The monoisotopic (exact) mass is 295 g/mol. The van der Waals surface area contributed by atoms with Crippen molar-refractivity contribution in [3.05, 3.63) is 71.1 Å². The van der Waals surface area contributed by atoms with Crippen LogP contribution < -0.4 is 0 Å². The summed E-state index contributed by atoms with van der Waals surface area (Å²) in [5, 5.41) is 13.6. The van der Waals surface area contributed by atoms with Gasteiger partial charge < -0.3 is 10.1 Å². The van der Waals surface area contributed by atoms with E-state index in [0.717, 1.165) is 16.8 Å². The van der Waals surface area contributed by atoms with Crippen LogP contribution in [0, 0.1) is 4.77 Å². The third-order valence-electron chi connectivity index (χ3n) is 3.01. The zero-order valence-electron chi connectivity index (χ0n) is 11.1. The highest BCUT2D eigenvalue weighted by atomic mass is 32.1. The molecule has 5 heteroatoms. The third kappa shape index (κ3) is 3.09. The highest BCUT2D eigenvalue weighted by Gasteiger charge is 2.01. The number of phenolic OH excluding ortho intramolecular Hbond substituents is 1. The summed E-state index contributed by atoms with van der Waals surface area (Å²) in [7, 11) is 0. The Hall–Kier alpha value is -2.66. The predicted octanol–water partition coefficient (Wildman–Crippen LogP) is 3.80. The smallest absolute Gasteiger partial charge is 0.198 e. The lowest BCUT2D eigenvalue weighted by Gasteiger charge is -1.95. The fourth-order valence-electron chi connectivity index (χ4n) is 1.93. The van der Waals surface area contributed by atoms with E-state index >= 15 is 0 Å². The Bertz CT molecular complexity index is 817. The molecule has 2 N–H and O–H groups in total. The van der Waals surface area contributed by atoms with Crippen LogP contribution >= 0.6 is 12.2 Å². The molecule has 0 unspecified atom stereocenters. The number of benzene rings is 2. The molecule has 0 bridgehead atoms. The molecule has 3 rings (SSSR count). The van der Waals surface area contributed by atoms with Gasteiger partial charge in [-0.1, -0.05) is 30.3 Å². The van der Waals surface area contributed by atoms with Crippen molar-refractivity contribution in [1.29, 1.82) is 0 Å². The Kier molecular flexibility index (Phi) is 3.66. The molecule has 2 aromatic carbocycles. The molecule has 0 spiro atoms. The van der Waals surface area contributed by atoms with Gasteiger partial charge in [0.15, 0.2) is 4.77 Å². The predicted molar refractivity (Wildman–Crippen MR) is 86.2 cm³/mol. The molecule has 1 heterocycles. The average Bonchev–Trinajstić information content (AvgIpc) is 2.89. The number of aromatic nitrogens is 2. The van der Waals surface area contributed by atoms with E-state index in [1.54, 1.807) is 35.2 Å². The SMILES string of the molecule is Oc1ccc(/C=N/n2cc(-c3ccccc3)[nH]c2=S)cc1. The molecule has 0 saturated carbocycles. The molecular weight excluding hydrogens is 282 g/mol. The molecule has 0 fully saturated rings. The van der Waals surface area contributed by atoms with Gasteiger partial charge in [0.25, 0.3) is 0 Å². The van der Waals surface area contributed by atoms with Crippen molar-refractivity contribution in [3.8, 4) is 17.0 Å². The number of phenols is 1. The van der Waals surface area contributed by atoms with Crippen molar-refractivity contribution < 1.29 is 5.11 Å². The summed E-state index contributed by atoms with van der Waals surface area (Å²) in [6.07, 6.45) is 3.55. The van der Waals surface area contributed by atoms with Crippen LogP contribution in [0.1, 0.15) is 5.56 Å². The average molecular weight is 295 g/mol. The van der Waals surface area contributed by atoms with Gasteiger partial charge in [-0.25, -0.2) is 4.68 Å². The first-order chi connectivity index (χ1) is 10.2. The van der Waals surface area contributed by atoms with Gasteiger partial charge in [-0.2, -0.15) is 5.10 Å². The normalized spacial score (nSPS) is 11.0. The highest BCUT2D eigenvalue weighted by Crippen LogP contribution is 2.16. The van der Waals surface area contributed by atoms with Crippen molar-refractivity contribution in [2.45, 2.75) is 0 Å². The van der Waals surface area contributed by atoms with Crippen LogP contribution in [0.25, 0.3) is 11.3 Å². The lowest BCUT2D eigenvalue weighted by atomic mass is 10.2. The summed E-state index contributed by atoms with van der Waals surface area (Å²) in [6.45, 7) is 0. The lowest BCUT2D eigenvalue weighted by Crippen LogP contribution is -1.88. The van der Waals surface area contributed by atoms with Gasteiger partial charge in [0.2, 0.25) is 0 Å². The number of rotatable bonds is 3. The molecule has 0 amide bonds. The van der Waals surface area contributed by atoms with Crippen LogP contribution in [0.2, 0.25) is 0 Å². The second-order valence-corrected chi connectivity index (χ2v) is 4.91. The summed E-state index contributed by atoms with van der Waals surface area (Å²) in [5.41, 5.74) is 2.86. The van der Waals surface area contributed by atoms with Crippen molar-refractivity contribution >= 4 is 18.4 Å². The van der Waals surface area contributed by atoms with Crippen LogP contribution in [0.4, 0.5) is 0 Å². The number of hydrogen-bond donors (Lipinski definition) is 2. The number of nitrogens with one attached hydrogen (secondary N) is 1. The zero-order valence-corrected chi connectivity index (χ0v) is 11.9. The van der Waals surface area contributed by atoms with Crippen molar-refractivity contribution in [2.75, 3.05) is 0 Å². The molecule has 1 aromatic heterocycles. The Morgan fingerprint density at radius 3 is 2.48 bits per heavy atom. The summed E-state index contributed by atoms with van der Waals surface area (Å²) >= 11 is 5.26. The molecule has 0 aliphatic carbocycles. The number of aromatic amines is 1. The fraction of sp³-hybridized carbons (Fsp3) is 0. The third-order valence-corrected chi connectivity index (χ3v) is 3.30. The summed E-state index contributed by atoms with van der Waals surface area (Å²) in [5.74, 6) is 0.233. The van der Waals surface area contributed by atoms with E-state index in [2.05, 4.69) is 10.1 Å². The van der Waals surface area contributed by atoms with Crippen molar-refractivity contribution in [2.24, 2.45) is 5.10 Å². The maximum atomic E-state index is 9.24. The second kappa shape index (κ2) is 5.76. The number of imidazole rings is 1. The Morgan fingerprint density at radius 2 is 1.76 bits per heavy atom. The van der Waals surface area contributed by atoms with E-state index in [1.807, 2.05) is 36.5 Å². The minimum Gasteiger partial charge on any atom is -0.508 e. The van der Waals surface area contributed by atoms with Crippen LogP contribution in [-0.2, 0) is 0 Å². The number of H-pyrrole nitrogens is 1. The van der Waals surface area contributed by atoms with E-state index in [9.17, 15) is 5.11 Å². The molecular formula is C16H13N3OS. The molecule has 0 aliphatic heterocycles. The molecule has 3 aromatic rings. The van der Waals surface area contributed by atoms with E-state index in [4.69, 9.17) is 12.2 Å². The second-order valence-electron chi connectivity index (χ2n) is 4.52. The zero-order chi connectivity index (χ0) is 14.7. The van der Waals surface area contributed by atoms with Gasteiger partial charge >= 0.3 is 0 Å². The summed E-state index contributed by atoms with van der Waals surface area (Å²) in [4.78, 5) is 3.13. The molecule has 0 saturated heterocycles. The molecule has 0 radical (unpaired) electrons. The van der Waals surface area contributed by atoms with Crippen molar-refractivity contribution in [3.63, 3.8) is 0 Å². The largest absolute Gasteiger partial charge is 0.508 e. The van der Waals surface area contributed by atoms with E-state index in [0.29, 0.717) is 4.77 Å². The fourth-order valence-corrected chi connectivity index (χ4v) is 2.13. The summed E-state index contributed by atoms with van der Waals surface area (Å²) < 4.78 is 2.15. The van der Waals surface area contributed by atoms with Gasteiger partial charge in [0.05, 0.1) is 18.1 Å². The van der Waals surface area contributed by atoms with E-state index < -0.39 is 0 Å². The maximum absolute atomic E-state index is 9.24. The van der Waals surface area contributed by atoms with Crippen LogP contribution in [0.15, 0.2) is 65.9 Å². The lowest BCUT2D eigenvalue weighted by molar-refractivity contribution is 0.475. The molecule has 4 nitrogen and oxygen atoms in total. The van der Waals surface area contributed by atoms with Crippen molar-refractivity contribution in [1.82, 2.24) is 9.66 Å². The van der Waals surface area contributed by atoms with E-state index in [1.165, 1.54) is 0 Å². The van der Waals surface area contributed by atoms with Gasteiger partial charge in [-0.05, 0) is 47.6 Å². The van der Waals surface area contributed by atoms with Crippen LogP contribution in [-0.4, -0.2) is 21.0 Å². The first kappa shape index (κ1) is 13.3.